The van der Waals surface area contributed by atoms with Gasteiger partial charge in [-0.15, -0.1) is 0 Å². The Hall–Kier alpha value is -2.85. The lowest BCUT2D eigenvalue weighted by molar-refractivity contribution is 0.223. The topological polar surface area (TPSA) is 73.2 Å². The zero-order valence-electron chi connectivity index (χ0n) is 26.6. The Balaban J connectivity index is 1.35. The SMILES string of the molecule is CC(C)(CCC[C@]1(CCC(C)(C)[Si](O)(c2ccccc2)c2ccccc2)OC1CO)[Si](O)(c1ccccc1)c1ccccc1. The summed E-state index contributed by atoms with van der Waals surface area (Å²) in [7, 11) is -6.24. The first-order chi connectivity index (χ1) is 21.0. The molecular formula is C38H48O4Si2. The fourth-order valence-corrected chi connectivity index (χ4v) is 14.9. The minimum absolute atomic E-state index is 0.00436. The van der Waals surface area contributed by atoms with Crippen molar-refractivity contribution in [3.63, 3.8) is 0 Å². The van der Waals surface area contributed by atoms with Gasteiger partial charge in [0.15, 0.2) is 0 Å². The predicted octanol–water partition coefficient (Wildman–Crippen LogP) is 5.13. The lowest BCUT2D eigenvalue weighted by Gasteiger charge is -2.42. The number of hydrogen-bond acceptors (Lipinski definition) is 4. The zero-order valence-corrected chi connectivity index (χ0v) is 28.6. The van der Waals surface area contributed by atoms with Crippen molar-refractivity contribution < 1.29 is 19.4 Å². The van der Waals surface area contributed by atoms with Gasteiger partial charge in [-0.2, -0.15) is 0 Å². The van der Waals surface area contributed by atoms with E-state index in [0.717, 1.165) is 52.9 Å². The van der Waals surface area contributed by atoms with Crippen LogP contribution in [-0.2, 0) is 4.74 Å². The molecule has 1 unspecified atom stereocenters. The quantitative estimate of drug-likeness (QED) is 0.134. The number of aliphatic hydroxyl groups excluding tert-OH is 1. The highest BCUT2D eigenvalue weighted by atomic mass is 28.4. The minimum Gasteiger partial charge on any atom is -0.424 e. The summed E-state index contributed by atoms with van der Waals surface area (Å²) in [5.74, 6) is 0. The Labute approximate surface area is 265 Å². The van der Waals surface area contributed by atoms with E-state index in [4.69, 9.17) is 4.74 Å². The van der Waals surface area contributed by atoms with Crippen LogP contribution in [0.2, 0.25) is 10.1 Å². The van der Waals surface area contributed by atoms with Gasteiger partial charge < -0.3 is 19.4 Å². The van der Waals surface area contributed by atoms with Gasteiger partial charge in [-0.1, -0.05) is 155 Å². The van der Waals surface area contributed by atoms with Gasteiger partial charge >= 0.3 is 0 Å². The van der Waals surface area contributed by atoms with E-state index in [2.05, 4.69) is 76.2 Å². The van der Waals surface area contributed by atoms with Crippen LogP contribution < -0.4 is 20.7 Å². The van der Waals surface area contributed by atoms with Crippen molar-refractivity contribution in [2.24, 2.45) is 0 Å². The normalized spacial score (nSPS) is 19.1. The fourth-order valence-electron chi connectivity index (χ4n) is 7.35. The molecule has 1 fully saturated rings. The molecule has 5 rings (SSSR count). The molecule has 0 amide bonds. The highest BCUT2D eigenvalue weighted by Gasteiger charge is 2.58. The molecule has 4 nitrogen and oxygen atoms in total. The van der Waals surface area contributed by atoms with Gasteiger partial charge in [0, 0.05) is 0 Å². The molecule has 0 aromatic heterocycles. The lowest BCUT2D eigenvalue weighted by atomic mass is 9.88. The number of rotatable bonds is 14. The van der Waals surface area contributed by atoms with Crippen LogP contribution in [0.3, 0.4) is 0 Å². The highest BCUT2D eigenvalue weighted by Crippen LogP contribution is 2.51. The molecule has 0 saturated carbocycles. The third kappa shape index (κ3) is 6.04. The van der Waals surface area contributed by atoms with Crippen LogP contribution in [0.25, 0.3) is 0 Å². The summed E-state index contributed by atoms with van der Waals surface area (Å²) < 4.78 is 6.28. The van der Waals surface area contributed by atoms with E-state index in [1.165, 1.54) is 0 Å². The van der Waals surface area contributed by atoms with Crippen LogP contribution in [0, 0.1) is 0 Å². The van der Waals surface area contributed by atoms with Crippen molar-refractivity contribution in [1.29, 1.82) is 0 Å². The van der Waals surface area contributed by atoms with E-state index in [1.54, 1.807) is 0 Å². The standard InChI is InChI=1S/C38H48O4Si2/c1-36(2,43(40,31-18-9-5-10-19-31)32-20-11-6-12-21-32)26-17-27-38(35(30-39)42-38)29-28-37(3,4)44(41,33-22-13-7-14-23-33)34-24-15-8-16-25-34/h5-16,18-25,35,39-41H,17,26-30H2,1-4H3/t35?,38-/m1/s1. The molecule has 0 radical (unpaired) electrons. The monoisotopic (exact) mass is 624 g/mol. The lowest BCUT2D eigenvalue weighted by Crippen LogP contribution is -2.65. The Kier molecular flexibility index (Phi) is 9.52. The van der Waals surface area contributed by atoms with Gasteiger partial charge in [-0.05, 0) is 56.5 Å². The molecule has 3 N–H and O–H groups in total. The highest BCUT2D eigenvalue weighted by molar-refractivity contribution is 6.99. The summed E-state index contributed by atoms with van der Waals surface area (Å²) in [5, 5.41) is 13.5. The molecule has 1 heterocycles. The Bertz CT molecular complexity index is 1400. The maximum atomic E-state index is 12.6. The van der Waals surface area contributed by atoms with E-state index in [-0.39, 0.29) is 22.8 Å². The van der Waals surface area contributed by atoms with Crippen LogP contribution in [0.4, 0.5) is 0 Å². The van der Waals surface area contributed by atoms with Crippen molar-refractivity contribution in [1.82, 2.24) is 0 Å². The molecule has 4 aromatic carbocycles. The molecule has 0 bridgehead atoms. The number of hydrogen-bond donors (Lipinski definition) is 3. The van der Waals surface area contributed by atoms with Crippen LogP contribution >= 0.6 is 0 Å². The second kappa shape index (κ2) is 12.9. The van der Waals surface area contributed by atoms with E-state index >= 15 is 0 Å². The molecule has 1 aliphatic heterocycles. The average molecular weight is 625 g/mol. The van der Waals surface area contributed by atoms with Crippen molar-refractivity contribution in [2.75, 3.05) is 6.61 Å². The molecule has 2 atom stereocenters. The number of benzene rings is 4. The smallest absolute Gasteiger partial charge is 0.258 e. The molecule has 4 aromatic rings. The van der Waals surface area contributed by atoms with Crippen LogP contribution in [0.15, 0.2) is 121 Å². The summed E-state index contributed by atoms with van der Waals surface area (Å²) >= 11 is 0. The molecule has 6 heteroatoms. The number of epoxide rings is 1. The maximum Gasteiger partial charge on any atom is 0.258 e. The Morgan fingerprint density at radius 3 is 1.23 bits per heavy atom. The van der Waals surface area contributed by atoms with Crippen molar-refractivity contribution in [3.05, 3.63) is 121 Å². The van der Waals surface area contributed by atoms with Gasteiger partial charge in [-0.3, -0.25) is 0 Å². The van der Waals surface area contributed by atoms with Gasteiger partial charge in [0.05, 0.1) is 12.2 Å². The van der Waals surface area contributed by atoms with Crippen LogP contribution in [-0.4, -0.2) is 49.6 Å². The summed E-state index contributed by atoms with van der Waals surface area (Å²) in [6.45, 7) is 8.79. The number of aliphatic hydroxyl groups is 1. The van der Waals surface area contributed by atoms with E-state index in [0.29, 0.717) is 0 Å². The van der Waals surface area contributed by atoms with E-state index < -0.39 is 22.2 Å². The summed E-state index contributed by atoms with van der Waals surface area (Å²) in [5.41, 5.74) is -0.413. The second-order valence-corrected chi connectivity index (χ2v) is 21.7. The van der Waals surface area contributed by atoms with Crippen molar-refractivity contribution in [2.45, 2.75) is 81.6 Å². The maximum absolute atomic E-state index is 12.6. The third-order valence-corrected chi connectivity index (χ3v) is 19.5. The fraction of sp³-hybridized carbons (Fsp3) is 0.368. The minimum atomic E-state index is -3.14. The molecule has 1 saturated heterocycles. The predicted molar refractivity (Wildman–Crippen MR) is 186 cm³/mol. The molecule has 0 spiro atoms. The summed E-state index contributed by atoms with van der Waals surface area (Å²) in [6.07, 6.45) is 3.86. The second-order valence-electron chi connectivity index (χ2n) is 13.9. The molecule has 0 aliphatic carbocycles. The zero-order chi connectivity index (χ0) is 31.5. The first-order valence-corrected chi connectivity index (χ1v) is 19.9. The van der Waals surface area contributed by atoms with E-state index in [1.807, 2.05) is 72.8 Å². The Morgan fingerprint density at radius 2 is 0.909 bits per heavy atom. The van der Waals surface area contributed by atoms with Crippen molar-refractivity contribution >= 4 is 37.4 Å². The van der Waals surface area contributed by atoms with Gasteiger partial charge in [0.25, 0.3) is 16.6 Å². The van der Waals surface area contributed by atoms with Gasteiger partial charge in [0.1, 0.15) is 6.10 Å². The molecule has 232 valence electrons. The number of ether oxygens (including phenoxy) is 1. The third-order valence-electron chi connectivity index (χ3n) is 10.4. The first-order valence-electron chi connectivity index (χ1n) is 16.0. The van der Waals surface area contributed by atoms with Gasteiger partial charge in [0.2, 0.25) is 0 Å². The summed E-state index contributed by atoms with van der Waals surface area (Å²) in [6, 6.07) is 40.6. The van der Waals surface area contributed by atoms with Crippen LogP contribution in [0.5, 0.6) is 0 Å². The average Bonchev–Trinajstić information content (AvgIpc) is 3.77. The van der Waals surface area contributed by atoms with Crippen molar-refractivity contribution in [3.8, 4) is 0 Å². The largest absolute Gasteiger partial charge is 0.424 e. The Morgan fingerprint density at radius 1 is 0.568 bits per heavy atom. The van der Waals surface area contributed by atoms with Crippen LogP contribution in [0.1, 0.15) is 59.8 Å². The summed E-state index contributed by atoms with van der Waals surface area (Å²) in [4.78, 5) is 25.2. The molecule has 44 heavy (non-hydrogen) atoms. The first kappa shape index (κ1) is 32.5. The molecule has 1 aliphatic rings. The molecular weight excluding hydrogens is 577 g/mol. The van der Waals surface area contributed by atoms with E-state index in [9.17, 15) is 14.7 Å². The van der Waals surface area contributed by atoms with Gasteiger partial charge in [-0.25, -0.2) is 0 Å².